The topological polar surface area (TPSA) is 29.3 Å². The van der Waals surface area contributed by atoms with Gasteiger partial charge in [-0.2, -0.15) is 0 Å². The Labute approximate surface area is 95.2 Å². The van der Waals surface area contributed by atoms with E-state index in [2.05, 4.69) is 25.7 Å². The molecule has 1 aliphatic carbocycles. The van der Waals surface area contributed by atoms with Gasteiger partial charge in [0.1, 0.15) is 0 Å². The molecule has 2 heteroatoms. The van der Waals surface area contributed by atoms with Crippen LogP contribution in [0.25, 0.3) is 0 Å². The smallest absolute Gasteiger partial charge is 0.00953 e. The Morgan fingerprint density at radius 1 is 1.20 bits per heavy atom. The minimum absolute atomic E-state index is 0.348. The van der Waals surface area contributed by atoms with Gasteiger partial charge in [-0.3, -0.25) is 0 Å². The molecule has 0 heterocycles. The lowest BCUT2D eigenvalue weighted by molar-refractivity contribution is 0.172. The van der Waals surface area contributed by atoms with Gasteiger partial charge in [0.15, 0.2) is 0 Å². The second-order valence-electron chi connectivity index (χ2n) is 5.59. The van der Waals surface area contributed by atoms with Crippen LogP contribution >= 0.6 is 0 Å². The fraction of sp³-hybridized carbons (Fsp3) is 1.00. The van der Waals surface area contributed by atoms with Crippen molar-refractivity contribution in [2.75, 3.05) is 13.1 Å². The number of nitrogens with two attached hydrogens (primary N) is 1. The van der Waals surface area contributed by atoms with Gasteiger partial charge < -0.3 is 10.6 Å². The summed E-state index contributed by atoms with van der Waals surface area (Å²) >= 11 is 0. The predicted octanol–water partition coefficient (Wildman–Crippen LogP) is 2.62. The average Bonchev–Trinajstić information content (AvgIpc) is 2.63. The standard InChI is InChI=1S/C13H28N2/c1-11(2)10-15(9-8-12(3)14)13-6-4-5-7-13/h11-13H,4-10,14H2,1-3H3. The van der Waals surface area contributed by atoms with Crippen LogP contribution in [0.3, 0.4) is 0 Å². The summed E-state index contributed by atoms with van der Waals surface area (Å²) < 4.78 is 0. The van der Waals surface area contributed by atoms with Gasteiger partial charge in [-0.25, -0.2) is 0 Å². The fourth-order valence-corrected chi connectivity index (χ4v) is 2.53. The summed E-state index contributed by atoms with van der Waals surface area (Å²) in [6.07, 6.45) is 6.81. The summed E-state index contributed by atoms with van der Waals surface area (Å²) in [5.41, 5.74) is 5.84. The first-order valence-corrected chi connectivity index (χ1v) is 6.59. The van der Waals surface area contributed by atoms with Crippen molar-refractivity contribution >= 4 is 0 Å². The average molecular weight is 212 g/mol. The van der Waals surface area contributed by atoms with E-state index in [1.165, 1.54) is 38.8 Å². The van der Waals surface area contributed by atoms with Crippen LogP contribution in [-0.2, 0) is 0 Å². The molecule has 90 valence electrons. The van der Waals surface area contributed by atoms with Gasteiger partial charge in [-0.1, -0.05) is 26.7 Å². The molecule has 0 radical (unpaired) electrons. The molecule has 0 spiro atoms. The molecule has 2 N–H and O–H groups in total. The highest BCUT2D eigenvalue weighted by molar-refractivity contribution is 4.78. The Morgan fingerprint density at radius 2 is 1.80 bits per heavy atom. The zero-order valence-corrected chi connectivity index (χ0v) is 10.7. The SMILES string of the molecule is CC(C)CN(CCC(C)N)C1CCCC1. The minimum atomic E-state index is 0.348. The molecule has 1 rings (SSSR count). The minimum Gasteiger partial charge on any atom is -0.328 e. The highest BCUT2D eigenvalue weighted by atomic mass is 15.2. The summed E-state index contributed by atoms with van der Waals surface area (Å²) in [7, 11) is 0. The second-order valence-corrected chi connectivity index (χ2v) is 5.59. The fourth-order valence-electron chi connectivity index (χ4n) is 2.53. The summed E-state index contributed by atoms with van der Waals surface area (Å²) in [4.78, 5) is 2.68. The molecule has 0 saturated heterocycles. The zero-order chi connectivity index (χ0) is 11.3. The van der Waals surface area contributed by atoms with Gasteiger partial charge in [0.2, 0.25) is 0 Å². The van der Waals surface area contributed by atoms with E-state index in [0.717, 1.165) is 18.4 Å². The van der Waals surface area contributed by atoms with Crippen molar-refractivity contribution in [1.82, 2.24) is 4.90 Å². The Hall–Kier alpha value is -0.0800. The first kappa shape index (κ1) is 13.0. The predicted molar refractivity (Wildman–Crippen MR) is 66.9 cm³/mol. The lowest BCUT2D eigenvalue weighted by atomic mass is 10.1. The maximum Gasteiger partial charge on any atom is 0.00953 e. The lowest BCUT2D eigenvalue weighted by Gasteiger charge is -2.31. The molecule has 1 saturated carbocycles. The van der Waals surface area contributed by atoms with Gasteiger partial charge in [0.05, 0.1) is 0 Å². The summed E-state index contributed by atoms with van der Waals surface area (Å²) in [6.45, 7) is 9.18. The maximum atomic E-state index is 5.84. The first-order chi connectivity index (χ1) is 7.09. The number of hydrogen-bond donors (Lipinski definition) is 1. The molecule has 1 fully saturated rings. The second kappa shape index (κ2) is 6.49. The van der Waals surface area contributed by atoms with Crippen LogP contribution in [-0.4, -0.2) is 30.1 Å². The monoisotopic (exact) mass is 212 g/mol. The van der Waals surface area contributed by atoms with Crippen molar-refractivity contribution < 1.29 is 0 Å². The van der Waals surface area contributed by atoms with Crippen LogP contribution in [0, 0.1) is 5.92 Å². The number of nitrogens with zero attached hydrogens (tertiary/aromatic N) is 1. The van der Waals surface area contributed by atoms with Crippen LogP contribution in [0.15, 0.2) is 0 Å². The third-order valence-corrected chi connectivity index (χ3v) is 3.31. The third-order valence-electron chi connectivity index (χ3n) is 3.31. The van der Waals surface area contributed by atoms with E-state index in [0.29, 0.717) is 6.04 Å². The lowest BCUT2D eigenvalue weighted by Crippen LogP contribution is -2.38. The van der Waals surface area contributed by atoms with E-state index < -0.39 is 0 Å². The molecule has 0 amide bonds. The largest absolute Gasteiger partial charge is 0.328 e. The molecule has 0 bridgehead atoms. The van der Waals surface area contributed by atoms with Crippen LogP contribution in [0.2, 0.25) is 0 Å². The van der Waals surface area contributed by atoms with E-state index in [9.17, 15) is 0 Å². The molecule has 0 aromatic carbocycles. The Morgan fingerprint density at radius 3 is 2.27 bits per heavy atom. The molecule has 15 heavy (non-hydrogen) atoms. The molecule has 0 aromatic rings. The van der Waals surface area contributed by atoms with Crippen molar-refractivity contribution in [3.05, 3.63) is 0 Å². The van der Waals surface area contributed by atoms with E-state index >= 15 is 0 Å². The molecule has 1 atom stereocenters. The molecule has 1 aliphatic rings. The molecular weight excluding hydrogens is 184 g/mol. The van der Waals surface area contributed by atoms with Crippen molar-refractivity contribution in [2.45, 2.75) is 65.0 Å². The van der Waals surface area contributed by atoms with Crippen LogP contribution < -0.4 is 5.73 Å². The number of rotatable bonds is 6. The third kappa shape index (κ3) is 4.98. The van der Waals surface area contributed by atoms with Gasteiger partial charge in [-0.15, -0.1) is 0 Å². The van der Waals surface area contributed by atoms with Crippen LogP contribution in [0.5, 0.6) is 0 Å². The molecule has 2 nitrogen and oxygen atoms in total. The molecule has 0 aliphatic heterocycles. The van der Waals surface area contributed by atoms with Crippen molar-refractivity contribution in [3.63, 3.8) is 0 Å². The Balaban J connectivity index is 2.37. The van der Waals surface area contributed by atoms with Crippen molar-refractivity contribution in [3.8, 4) is 0 Å². The number of hydrogen-bond acceptors (Lipinski definition) is 2. The summed E-state index contributed by atoms with van der Waals surface area (Å²) in [5.74, 6) is 0.777. The van der Waals surface area contributed by atoms with E-state index in [1.54, 1.807) is 0 Å². The summed E-state index contributed by atoms with van der Waals surface area (Å²) in [5, 5.41) is 0. The van der Waals surface area contributed by atoms with Crippen LogP contribution in [0.4, 0.5) is 0 Å². The van der Waals surface area contributed by atoms with E-state index in [1.807, 2.05) is 0 Å². The Kier molecular flexibility index (Phi) is 5.62. The summed E-state index contributed by atoms with van der Waals surface area (Å²) in [6, 6.07) is 1.20. The quantitative estimate of drug-likeness (QED) is 0.733. The first-order valence-electron chi connectivity index (χ1n) is 6.59. The Bertz CT molecular complexity index is 160. The van der Waals surface area contributed by atoms with Gasteiger partial charge >= 0.3 is 0 Å². The normalized spacial score (nSPS) is 20.4. The van der Waals surface area contributed by atoms with E-state index in [4.69, 9.17) is 5.73 Å². The van der Waals surface area contributed by atoms with Crippen molar-refractivity contribution in [2.24, 2.45) is 11.7 Å². The molecular formula is C13H28N2. The molecule has 0 aromatic heterocycles. The van der Waals surface area contributed by atoms with E-state index in [-0.39, 0.29) is 0 Å². The van der Waals surface area contributed by atoms with Crippen molar-refractivity contribution in [1.29, 1.82) is 0 Å². The van der Waals surface area contributed by atoms with Gasteiger partial charge in [0.25, 0.3) is 0 Å². The highest BCUT2D eigenvalue weighted by Gasteiger charge is 2.22. The zero-order valence-electron chi connectivity index (χ0n) is 10.7. The van der Waals surface area contributed by atoms with Gasteiger partial charge in [0, 0.05) is 18.6 Å². The van der Waals surface area contributed by atoms with Crippen LogP contribution in [0.1, 0.15) is 52.9 Å². The molecule has 1 unspecified atom stereocenters. The van der Waals surface area contributed by atoms with Gasteiger partial charge in [-0.05, 0) is 38.6 Å². The maximum absolute atomic E-state index is 5.84. The highest BCUT2D eigenvalue weighted by Crippen LogP contribution is 2.24.